The molecule has 0 bridgehead atoms. The molecule has 7 heteroatoms. The number of urea groups is 1. The third kappa shape index (κ3) is 3.67. The lowest BCUT2D eigenvalue weighted by molar-refractivity contribution is 0.0207. The molecule has 102 valence electrons. The number of nitrogens with zero attached hydrogens (tertiary/aromatic N) is 1. The second-order valence-electron chi connectivity index (χ2n) is 4.02. The maximum absolute atomic E-state index is 11.8. The topological polar surface area (TPSA) is 90.9 Å². The number of morpholine rings is 1. The monoisotopic (exact) mass is 265 g/mol. The fraction of sp³-hybridized carbons (Fsp3) is 0.333. The second-order valence-corrected chi connectivity index (χ2v) is 4.02. The van der Waals surface area contributed by atoms with Gasteiger partial charge in [-0.05, 0) is 12.1 Å². The number of carboxylic acid groups (broad SMARTS) is 1. The molecule has 0 saturated carbocycles. The average molecular weight is 265 g/mol. The number of benzene rings is 1. The van der Waals surface area contributed by atoms with Gasteiger partial charge in [0.25, 0.3) is 0 Å². The quantitative estimate of drug-likeness (QED) is 0.750. The molecule has 1 aromatic rings. The molecule has 1 fully saturated rings. The molecule has 3 N–H and O–H groups in total. The van der Waals surface area contributed by atoms with Gasteiger partial charge in [-0.3, -0.25) is 5.43 Å². The highest BCUT2D eigenvalue weighted by molar-refractivity contribution is 5.99. The van der Waals surface area contributed by atoms with E-state index in [9.17, 15) is 9.59 Å². The third-order valence-corrected chi connectivity index (χ3v) is 2.68. The maximum Gasteiger partial charge on any atom is 0.337 e. The number of ether oxygens (including phenoxy) is 1. The fourth-order valence-electron chi connectivity index (χ4n) is 1.75. The molecule has 2 rings (SSSR count). The van der Waals surface area contributed by atoms with Crippen LogP contribution in [-0.4, -0.2) is 48.4 Å². The smallest absolute Gasteiger partial charge is 0.337 e. The Balaban J connectivity index is 1.96. The van der Waals surface area contributed by atoms with Crippen LogP contribution in [0.2, 0.25) is 0 Å². The van der Waals surface area contributed by atoms with Crippen LogP contribution in [0.25, 0.3) is 0 Å². The molecule has 1 aromatic carbocycles. The Bertz CT molecular complexity index is 472. The van der Waals surface area contributed by atoms with Gasteiger partial charge in [0, 0.05) is 13.1 Å². The number of para-hydroxylation sites is 1. The average Bonchev–Trinajstić information content (AvgIpc) is 2.40. The molecular weight excluding hydrogens is 250 g/mol. The van der Waals surface area contributed by atoms with Gasteiger partial charge < -0.3 is 15.2 Å². The van der Waals surface area contributed by atoms with Crippen LogP contribution in [0, 0.1) is 0 Å². The van der Waals surface area contributed by atoms with E-state index in [2.05, 4.69) is 10.7 Å². The number of carbonyl (C=O) groups excluding carboxylic acids is 1. The Hall–Kier alpha value is -2.12. The second kappa shape index (κ2) is 6.17. The third-order valence-electron chi connectivity index (χ3n) is 2.68. The number of hydrogen-bond acceptors (Lipinski definition) is 4. The molecule has 0 radical (unpaired) electrons. The van der Waals surface area contributed by atoms with Crippen molar-refractivity contribution in [2.24, 2.45) is 0 Å². The zero-order chi connectivity index (χ0) is 13.7. The zero-order valence-electron chi connectivity index (χ0n) is 10.3. The Morgan fingerprint density at radius 3 is 2.58 bits per heavy atom. The van der Waals surface area contributed by atoms with Crippen molar-refractivity contribution in [3.8, 4) is 0 Å². The Morgan fingerprint density at radius 2 is 1.89 bits per heavy atom. The van der Waals surface area contributed by atoms with E-state index in [1.165, 1.54) is 6.07 Å². The largest absolute Gasteiger partial charge is 0.478 e. The van der Waals surface area contributed by atoms with Crippen LogP contribution in [0.4, 0.5) is 10.5 Å². The number of hydrogen-bond donors (Lipinski definition) is 3. The zero-order valence-corrected chi connectivity index (χ0v) is 10.3. The maximum atomic E-state index is 11.8. The molecule has 1 aliphatic rings. The minimum absolute atomic E-state index is 0.0552. The number of aromatic carboxylic acids is 1. The number of rotatable bonds is 3. The predicted molar refractivity (Wildman–Crippen MR) is 67.9 cm³/mol. The summed E-state index contributed by atoms with van der Waals surface area (Å²) < 4.78 is 5.16. The van der Waals surface area contributed by atoms with Crippen LogP contribution in [0.3, 0.4) is 0 Å². The van der Waals surface area contributed by atoms with Crippen molar-refractivity contribution < 1.29 is 19.4 Å². The van der Waals surface area contributed by atoms with Gasteiger partial charge in [0.15, 0.2) is 0 Å². The Morgan fingerprint density at radius 1 is 1.21 bits per heavy atom. The lowest BCUT2D eigenvalue weighted by Crippen LogP contribution is -2.49. The summed E-state index contributed by atoms with van der Waals surface area (Å²) in [7, 11) is 0. The molecule has 1 aliphatic heterocycles. The first kappa shape index (κ1) is 13.3. The van der Waals surface area contributed by atoms with E-state index < -0.39 is 12.0 Å². The molecule has 0 unspecified atom stereocenters. The van der Waals surface area contributed by atoms with Gasteiger partial charge in [-0.15, -0.1) is 0 Å². The minimum atomic E-state index is -1.08. The van der Waals surface area contributed by atoms with Gasteiger partial charge in [0.1, 0.15) is 0 Å². The van der Waals surface area contributed by atoms with Gasteiger partial charge in [0.2, 0.25) is 0 Å². The highest BCUT2D eigenvalue weighted by Crippen LogP contribution is 2.14. The van der Waals surface area contributed by atoms with Crippen LogP contribution in [-0.2, 0) is 4.74 Å². The minimum Gasteiger partial charge on any atom is -0.478 e. The van der Waals surface area contributed by atoms with Crippen LogP contribution in [0.1, 0.15) is 10.4 Å². The van der Waals surface area contributed by atoms with E-state index >= 15 is 0 Å². The molecule has 7 nitrogen and oxygen atoms in total. The number of anilines is 1. The molecule has 2 amide bonds. The number of carbonyl (C=O) groups is 2. The highest BCUT2D eigenvalue weighted by Gasteiger charge is 2.15. The molecular formula is C12H15N3O4. The Labute approximate surface area is 110 Å². The van der Waals surface area contributed by atoms with E-state index in [1.807, 2.05) is 0 Å². The number of nitrogens with one attached hydrogen (secondary N) is 2. The molecule has 0 aromatic heterocycles. The van der Waals surface area contributed by atoms with Crippen LogP contribution in [0.5, 0.6) is 0 Å². The number of amides is 2. The Kier molecular flexibility index (Phi) is 4.32. The molecule has 1 heterocycles. The van der Waals surface area contributed by atoms with Gasteiger partial charge in [-0.2, -0.15) is 0 Å². The summed E-state index contributed by atoms with van der Waals surface area (Å²) in [5.74, 6) is -1.08. The summed E-state index contributed by atoms with van der Waals surface area (Å²) in [4.78, 5) is 22.8. The van der Waals surface area contributed by atoms with Crippen molar-refractivity contribution >= 4 is 17.7 Å². The van der Waals surface area contributed by atoms with E-state index in [-0.39, 0.29) is 11.3 Å². The number of carboxylic acids is 1. The summed E-state index contributed by atoms with van der Waals surface area (Å²) in [5, 5.41) is 13.3. The lowest BCUT2D eigenvalue weighted by Gasteiger charge is -2.27. The lowest BCUT2D eigenvalue weighted by atomic mass is 10.2. The normalized spacial score (nSPS) is 15.8. The number of hydrazine groups is 1. The van der Waals surface area contributed by atoms with Crippen LogP contribution >= 0.6 is 0 Å². The molecule has 1 saturated heterocycles. The first-order valence-corrected chi connectivity index (χ1v) is 5.89. The molecule has 0 aliphatic carbocycles. The van der Waals surface area contributed by atoms with Gasteiger partial charge in [-0.1, -0.05) is 12.1 Å². The van der Waals surface area contributed by atoms with Crippen LogP contribution < -0.4 is 10.7 Å². The van der Waals surface area contributed by atoms with Crippen molar-refractivity contribution in [3.05, 3.63) is 29.8 Å². The standard InChI is InChI=1S/C12H15N3O4/c16-11(17)9-3-1-2-4-10(9)13-12(18)14-15-5-7-19-8-6-15/h1-4H,5-8H2,(H,16,17)(H2,13,14,18). The summed E-state index contributed by atoms with van der Waals surface area (Å²) >= 11 is 0. The first-order valence-electron chi connectivity index (χ1n) is 5.89. The van der Waals surface area contributed by atoms with Crippen molar-refractivity contribution in [2.75, 3.05) is 31.6 Å². The predicted octanol–water partition coefficient (Wildman–Crippen LogP) is 0.753. The van der Waals surface area contributed by atoms with Crippen LogP contribution in [0.15, 0.2) is 24.3 Å². The summed E-state index contributed by atoms with van der Waals surface area (Å²) in [5.41, 5.74) is 2.96. The van der Waals surface area contributed by atoms with Crippen molar-refractivity contribution in [3.63, 3.8) is 0 Å². The SMILES string of the molecule is O=C(Nc1ccccc1C(=O)O)NN1CCOCC1. The first-order chi connectivity index (χ1) is 9.16. The van der Waals surface area contributed by atoms with E-state index in [1.54, 1.807) is 23.2 Å². The molecule has 19 heavy (non-hydrogen) atoms. The van der Waals surface area contributed by atoms with Gasteiger partial charge >= 0.3 is 12.0 Å². The van der Waals surface area contributed by atoms with E-state index in [0.29, 0.717) is 26.3 Å². The van der Waals surface area contributed by atoms with Crippen molar-refractivity contribution in [1.82, 2.24) is 10.4 Å². The molecule has 0 atom stereocenters. The summed E-state index contributed by atoms with van der Waals surface area (Å²) in [6.07, 6.45) is 0. The highest BCUT2D eigenvalue weighted by atomic mass is 16.5. The summed E-state index contributed by atoms with van der Waals surface area (Å²) in [6, 6.07) is 5.79. The summed E-state index contributed by atoms with van der Waals surface area (Å²) in [6.45, 7) is 2.33. The van der Waals surface area contributed by atoms with E-state index in [4.69, 9.17) is 9.84 Å². The fourth-order valence-corrected chi connectivity index (χ4v) is 1.75. The van der Waals surface area contributed by atoms with Gasteiger partial charge in [-0.25, -0.2) is 14.6 Å². The molecule has 0 spiro atoms. The van der Waals surface area contributed by atoms with Crippen molar-refractivity contribution in [1.29, 1.82) is 0 Å². The van der Waals surface area contributed by atoms with Gasteiger partial charge in [0.05, 0.1) is 24.5 Å². The van der Waals surface area contributed by atoms with E-state index in [0.717, 1.165) is 0 Å². The van der Waals surface area contributed by atoms with Crippen molar-refractivity contribution in [2.45, 2.75) is 0 Å².